The summed E-state index contributed by atoms with van der Waals surface area (Å²) in [6, 6.07) is 10.8. The van der Waals surface area contributed by atoms with Crippen molar-refractivity contribution in [3.05, 3.63) is 53.9 Å². The first-order valence-electron chi connectivity index (χ1n) is 8.69. The van der Waals surface area contributed by atoms with Crippen LogP contribution in [0.15, 0.2) is 42.7 Å². The zero-order chi connectivity index (χ0) is 19.9. The summed E-state index contributed by atoms with van der Waals surface area (Å²) in [6.45, 7) is 0.261. The van der Waals surface area contributed by atoms with Crippen LogP contribution < -0.4 is 10.1 Å². The molecule has 7 heteroatoms. The summed E-state index contributed by atoms with van der Waals surface area (Å²) < 4.78 is 10.8. The molecule has 0 saturated carbocycles. The molecule has 0 fully saturated rings. The maximum atomic E-state index is 10.1. The highest BCUT2D eigenvalue weighted by atomic mass is 16.5. The summed E-state index contributed by atoms with van der Waals surface area (Å²) in [6.07, 6.45) is 5.81. The smallest absolute Gasteiger partial charge is 0.141 e. The number of anilines is 2. The van der Waals surface area contributed by atoms with Crippen molar-refractivity contribution in [2.75, 3.05) is 32.2 Å². The summed E-state index contributed by atoms with van der Waals surface area (Å²) >= 11 is 0. The van der Waals surface area contributed by atoms with Gasteiger partial charge in [0.05, 0.1) is 18.7 Å². The lowest BCUT2D eigenvalue weighted by Crippen LogP contribution is -2.10. The fourth-order valence-corrected chi connectivity index (χ4v) is 2.74. The molecule has 2 aromatic carbocycles. The van der Waals surface area contributed by atoms with E-state index in [1.54, 1.807) is 19.2 Å². The standard InChI is InChI=1S/C21H21N3O4/c1-3-14-5-4-6-15(9-14)24-21-16-11-20(28-8-7-27-2)17(19(26)12-25)10-18(16)22-13-23-21/h1,4-6,9-11,13,19,25-26H,7-8,12H2,2H3,(H,22,23,24). The lowest BCUT2D eigenvalue weighted by Gasteiger charge is -2.17. The second kappa shape index (κ2) is 9.15. The molecule has 3 N–H and O–H groups in total. The number of nitrogens with zero attached hydrogens (tertiary/aromatic N) is 2. The van der Waals surface area contributed by atoms with Crippen LogP contribution in [0.3, 0.4) is 0 Å². The zero-order valence-corrected chi connectivity index (χ0v) is 15.4. The molecule has 1 heterocycles. The van der Waals surface area contributed by atoms with Crippen molar-refractivity contribution < 1.29 is 19.7 Å². The van der Waals surface area contributed by atoms with Crippen LogP contribution in [0.1, 0.15) is 17.2 Å². The number of ether oxygens (including phenoxy) is 2. The van der Waals surface area contributed by atoms with Crippen LogP contribution >= 0.6 is 0 Å². The van der Waals surface area contributed by atoms with E-state index in [1.807, 2.05) is 24.3 Å². The van der Waals surface area contributed by atoms with Gasteiger partial charge in [0.1, 0.15) is 30.6 Å². The fraction of sp³-hybridized carbons (Fsp3) is 0.238. The van der Waals surface area contributed by atoms with Gasteiger partial charge in [-0.15, -0.1) is 6.42 Å². The van der Waals surface area contributed by atoms with Crippen molar-refractivity contribution in [3.63, 3.8) is 0 Å². The summed E-state index contributed by atoms with van der Waals surface area (Å²) in [7, 11) is 1.58. The zero-order valence-electron chi connectivity index (χ0n) is 15.4. The third-order valence-electron chi connectivity index (χ3n) is 4.14. The minimum Gasteiger partial charge on any atom is -0.491 e. The normalized spacial score (nSPS) is 11.8. The molecule has 0 amide bonds. The Labute approximate surface area is 163 Å². The first-order valence-corrected chi connectivity index (χ1v) is 8.69. The highest BCUT2D eigenvalue weighted by Gasteiger charge is 2.17. The van der Waals surface area contributed by atoms with Crippen molar-refractivity contribution >= 4 is 22.4 Å². The first-order chi connectivity index (χ1) is 13.7. The highest BCUT2D eigenvalue weighted by molar-refractivity contribution is 5.92. The van der Waals surface area contributed by atoms with E-state index in [1.165, 1.54) is 6.33 Å². The number of hydrogen-bond acceptors (Lipinski definition) is 7. The number of terminal acetylenes is 1. The van der Waals surface area contributed by atoms with E-state index in [0.29, 0.717) is 41.2 Å². The molecule has 144 valence electrons. The van der Waals surface area contributed by atoms with Crippen molar-refractivity contribution in [1.82, 2.24) is 9.97 Å². The molecule has 1 unspecified atom stereocenters. The van der Waals surface area contributed by atoms with E-state index in [-0.39, 0.29) is 0 Å². The Bertz CT molecular complexity index is 1000. The van der Waals surface area contributed by atoms with Gasteiger partial charge in [0.25, 0.3) is 0 Å². The summed E-state index contributed by atoms with van der Waals surface area (Å²) in [5, 5.41) is 23.5. The molecule has 0 aliphatic heterocycles. The van der Waals surface area contributed by atoms with Gasteiger partial charge in [-0.1, -0.05) is 12.0 Å². The molecule has 1 atom stereocenters. The molecule has 0 bridgehead atoms. The van der Waals surface area contributed by atoms with E-state index < -0.39 is 12.7 Å². The van der Waals surface area contributed by atoms with Gasteiger partial charge in [-0.2, -0.15) is 0 Å². The second-order valence-electron chi connectivity index (χ2n) is 6.02. The van der Waals surface area contributed by atoms with Crippen molar-refractivity contribution in [1.29, 1.82) is 0 Å². The van der Waals surface area contributed by atoms with E-state index in [9.17, 15) is 10.2 Å². The highest BCUT2D eigenvalue weighted by Crippen LogP contribution is 2.33. The Balaban J connectivity index is 2.03. The molecule has 0 aliphatic carbocycles. The van der Waals surface area contributed by atoms with Crippen LogP contribution in [0.25, 0.3) is 10.9 Å². The lowest BCUT2D eigenvalue weighted by molar-refractivity contribution is 0.0905. The third kappa shape index (κ3) is 4.38. The number of aliphatic hydroxyl groups is 2. The van der Waals surface area contributed by atoms with Crippen LogP contribution in [0.4, 0.5) is 11.5 Å². The number of methoxy groups -OCH3 is 1. The number of aliphatic hydroxyl groups excluding tert-OH is 2. The molecule has 0 radical (unpaired) electrons. The fourth-order valence-electron chi connectivity index (χ4n) is 2.74. The van der Waals surface area contributed by atoms with Gasteiger partial charge in [-0.25, -0.2) is 9.97 Å². The number of rotatable bonds is 8. The summed E-state index contributed by atoms with van der Waals surface area (Å²) in [5.41, 5.74) is 2.59. The molecule has 0 saturated heterocycles. The Morgan fingerprint density at radius 3 is 2.82 bits per heavy atom. The predicted octanol–water partition coefficient (Wildman–Crippen LogP) is 2.41. The maximum absolute atomic E-state index is 10.1. The molecule has 3 aromatic rings. The Morgan fingerprint density at radius 1 is 1.21 bits per heavy atom. The van der Waals surface area contributed by atoms with E-state index in [2.05, 4.69) is 21.2 Å². The van der Waals surface area contributed by atoms with E-state index in [4.69, 9.17) is 15.9 Å². The summed E-state index contributed by atoms with van der Waals surface area (Å²) in [4.78, 5) is 8.60. The topological polar surface area (TPSA) is 96.7 Å². The lowest BCUT2D eigenvalue weighted by atomic mass is 10.1. The monoisotopic (exact) mass is 379 g/mol. The van der Waals surface area contributed by atoms with Gasteiger partial charge in [-0.05, 0) is 30.3 Å². The van der Waals surface area contributed by atoms with E-state index in [0.717, 1.165) is 11.3 Å². The van der Waals surface area contributed by atoms with Gasteiger partial charge >= 0.3 is 0 Å². The Hall–Kier alpha value is -3.18. The van der Waals surface area contributed by atoms with Crippen molar-refractivity contribution in [3.8, 4) is 18.1 Å². The number of aromatic nitrogens is 2. The molecule has 0 aliphatic rings. The van der Waals surface area contributed by atoms with Gasteiger partial charge in [0.2, 0.25) is 0 Å². The number of benzene rings is 2. The van der Waals surface area contributed by atoms with Crippen LogP contribution in [0.5, 0.6) is 5.75 Å². The molecule has 1 aromatic heterocycles. The van der Waals surface area contributed by atoms with Gasteiger partial charge in [0.15, 0.2) is 0 Å². The molecular formula is C21H21N3O4. The minimum absolute atomic E-state index is 0.299. The average molecular weight is 379 g/mol. The molecule has 3 rings (SSSR count). The third-order valence-corrected chi connectivity index (χ3v) is 4.14. The van der Waals surface area contributed by atoms with E-state index >= 15 is 0 Å². The molecule has 7 nitrogen and oxygen atoms in total. The largest absolute Gasteiger partial charge is 0.491 e. The van der Waals surface area contributed by atoms with Crippen LogP contribution in [0, 0.1) is 12.3 Å². The molecule has 28 heavy (non-hydrogen) atoms. The van der Waals surface area contributed by atoms with Crippen LogP contribution in [-0.4, -0.2) is 47.1 Å². The Kier molecular flexibility index (Phi) is 6.40. The van der Waals surface area contributed by atoms with Crippen LogP contribution in [0.2, 0.25) is 0 Å². The second-order valence-corrected chi connectivity index (χ2v) is 6.02. The predicted molar refractivity (Wildman–Crippen MR) is 107 cm³/mol. The van der Waals surface area contributed by atoms with Gasteiger partial charge in [0, 0.05) is 29.3 Å². The SMILES string of the molecule is C#Cc1cccc(Nc2ncnc3cc(C(O)CO)c(OCCOC)cc23)c1. The van der Waals surface area contributed by atoms with Crippen molar-refractivity contribution in [2.24, 2.45) is 0 Å². The number of hydrogen-bond donors (Lipinski definition) is 3. The van der Waals surface area contributed by atoms with Crippen LogP contribution in [-0.2, 0) is 4.74 Å². The number of fused-ring (bicyclic) bond motifs is 1. The van der Waals surface area contributed by atoms with Crippen molar-refractivity contribution in [2.45, 2.75) is 6.10 Å². The molecule has 0 spiro atoms. The number of nitrogens with one attached hydrogen (secondary N) is 1. The van der Waals surface area contributed by atoms with Gasteiger partial charge in [-0.3, -0.25) is 0 Å². The minimum atomic E-state index is -1.08. The van der Waals surface area contributed by atoms with Gasteiger partial charge < -0.3 is 25.0 Å². The maximum Gasteiger partial charge on any atom is 0.141 e. The summed E-state index contributed by atoms with van der Waals surface area (Å²) in [5.74, 6) is 3.60. The quantitative estimate of drug-likeness (QED) is 0.408. The Morgan fingerprint density at radius 2 is 2.07 bits per heavy atom. The molecular weight excluding hydrogens is 358 g/mol. The first kappa shape index (κ1) is 19.6. The average Bonchev–Trinajstić information content (AvgIpc) is 2.73.